The zero-order chi connectivity index (χ0) is 26.9. The minimum Gasteiger partial charge on any atom is -0.753 e. The van der Waals surface area contributed by atoms with E-state index in [1.54, 1.807) is 0 Å². The number of hydrogen-bond donors (Lipinski definition) is 1. The van der Waals surface area contributed by atoms with E-state index in [0.29, 0.717) is 0 Å². The lowest BCUT2D eigenvalue weighted by Gasteiger charge is -2.37. The van der Waals surface area contributed by atoms with Gasteiger partial charge in [0.05, 0.1) is 43.2 Å². The Labute approximate surface area is 243 Å². The van der Waals surface area contributed by atoms with Crippen molar-refractivity contribution in [3.8, 4) is 0 Å². The molecule has 0 aromatic heterocycles. The zero-order valence-electron chi connectivity index (χ0n) is 18.4. The summed E-state index contributed by atoms with van der Waals surface area (Å²) >= 11 is 35.3. The second kappa shape index (κ2) is 15.4. The van der Waals surface area contributed by atoms with Gasteiger partial charge >= 0.3 is 7.91 Å². The maximum Gasteiger partial charge on any atom is 0.305 e. The van der Waals surface area contributed by atoms with Gasteiger partial charge in [0.2, 0.25) is 0 Å². The number of benzene rings is 3. The molecule has 0 radical (unpaired) electrons. The Bertz CT molecular complexity index is 922. The van der Waals surface area contributed by atoms with E-state index < -0.39 is 40.2 Å². The summed E-state index contributed by atoms with van der Waals surface area (Å²) < 4.78 is 18.8. The van der Waals surface area contributed by atoms with E-state index in [1.165, 1.54) is 14.7 Å². The predicted molar refractivity (Wildman–Crippen MR) is 150 cm³/mol. The maximum atomic E-state index is 10.2. The van der Waals surface area contributed by atoms with E-state index in [-0.39, 0.29) is 10.9 Å². The first kappa shape index (κ1) is 32.0. The van der Waals surface area contributed by atoms with Crippen molar-refractivity contribution in [2.24, 2.45) is 0 Å². The van der Waals surface area contributed by atoms with Gasteiger partial charge in [0.1, 0.15) is 0 Å². The van der Waals surface area contributed by atoms with Crippen LogP contribution >= 0.6 is 77.5 Å². The average molecular weight is 653 g/mol. The topological polar surface area (TPSA) is 60.4 Å². The highest BCUT2D eigenvalue weighted by Gasteiger charge is 2.46. The van der Waals surface area contributed by atoms with Crippen molar-refractivity contribution in [3.63, 3.8) is 0 Å². The monoisotopic (exact) mass is 650 g/mol. The molecule has 1 aliphatic rings. The van der Waals surface area contributed by atoms with Crippen molar-refractivity contribution < 1.29 is 18.5 Å². The van der Waals surface area contributed by atoms with Gasteiger partial charge in [-0.15, -0.1) is 69.6 Å². The van der Waals surface area contributed by atoms with E-state index in [2.05, 4.69) is 91.0 Å². The molecule has 0 amide bonds. The van der Waals surface area contributed by atoms with Gasteiger partial charge in [-0.2, -0.15) is 4.20 Å². The van der Waals surface area contributed by atoms with Crippen LogP contribution in [0.4, 0.5) is 4.20 Å². The molecule has 0 aliphatic heterocycles. The van der Waals surface area contributed by atoms with E-state index >= 15 is 0 Å². The average Bonchev–Trinajstić information content (AvgIpc) is 2.87. The van der Waals surface area contributed by atoms with Gasteiger partial charge in [-0.05, 0) is 36.4 Å². The fourth-order valence-electron chi connectivity index (χ4n) is 3.13. The summed E-state index contributed by atoms with van der Waals surface area (Å²) in [6, 6.07) is 32.2. The fraction of sp³-hybridized carbons (Fsp3) is 0.250. The third-order valence-electron chi connectivity index (χ3n) is 4.76. The van der Waals surface area contributed by atoms with Gasteiger partial charge in [0.15, 0.2) is 14.7 Å². The molecule has 1 N–H and O–H groups in total. The molecule has 36 heavy (non-hydrogen) atoms. The van der Waals surface area contributed by atoms with Gasteiger partial charge in [0.25, 0.3) is 0 Å². The third-order valence-corrected chi connectivity index (χ3v) is 11.0. The van der Waals surface area contributed by atoms with Crippen LogP contribution in [0.25, 0.3) is 0 Å². The molecule has 1 unspecified atom stereocenters. The molecule has 196 valence electrons. The quantitative estimate of drug-likeness (QED) is 0.178. The first-order valence-electron chi connectivity index (χ1n) is 10.4. The van der Waals surface area contributed by atoms with Crippen LogP contribution in [-0.2, 0) is 15.5 Å². The summed E-state index contributed by atoms with van der Waals surface area (Å²) in [6.07, 6.45) is 0. The molecule has 0 saturated heterocycles. The van der Waals surface area contributed by atoms with Crippen molar-refractivity contribution in [1.29, 1.82) is 0 Å². The number of alkyl halides is 6. The van der Waals surface area contributed by atoms with Crippen LogP contribution < -0.4 is 4.89 Å². The SMILES string of the molecule is ClC1C(Cl)C(Cl)C(Cl)C(Cl)C1Cl.O=P([O-])(O)F.c1ccc([S+](c2ccccc2)c2ccccc2)cc1. The van der Waals surface area contributed by atoms with Crippen LogP contribution in [0.1, 0.15) is 0 Å². The smallest absolute Gasteiger partial charge is 0.305 e. The van der Waals surface area contributed by atoms with Crippen LogP contribution in [0.2, 0.25) is 0 Å². The standard InChI is InChI=1S/C18H15S.C6H6Cl6.FH2O3P/c1-4-10-16(11-5-1)19(17-12-6-2-7-13-17)18-14-8-3-9-15-18;7-1-2(8)4(10)6(12)5(11)3(1)9;1-5(2,3)4/h1-15H;1-6H;(H2,2,3,4)/q+1;;/p-1. The Balaban J connectivity index is 0.000000230. The van der Waals surface area contributed by atoms with Crippen molar-refractivity contribution in [3.05, 3.63) is 91.0 Å². The maximum absolute atomic E-state index is 10.2. The van der Waals surface area contributed by atoms with Crippen LogP contribution in [-0.4, -0.2) is 37.2 Å². The van der Waals surface area contributed by atoms with E-state index in [4.69, 9.17) is 84.0 Å². The van der Waals surface area contributed by atoms with Crippen LogP contribution in [0.5, 0.6) is 0 Å². The second-order valence-corrected chi connectivity index (χ2v) is 13.3. The van der Waals surface area contributed by atoms with Crippen molar-refractivity contribution in [2.75, 3.05) is 0 Å². The molecular weight excluding hydrogens is 631 g/mol. The highest BCUT2D eigenvalue weighted by atomic mass is 35.5. The van der Waals surface area contributed by atoms with Crippen LogP contribution in [0.3, 0.4) is 0 Å². The Hall–Kier alpha value is -0.170. The molecule has 1 fully saturated rings. The van der Waals surface area contributed by atoms with E-state index in [0.717, 1.165) is 0 Å². The van der Waals surface area contributed by atoms with E-state index in [9.17, 15) is 4.20 Å². The molecule has 1 aliphatic carbocycles. The first-order valence-corrected chi connectivity index (χ1v) is 15.7. The van der Waals surface area contributed by atoms with Crippen molar-refractivity contribution >= 4 is 88.4 Å². The van der Waals surface area contributed by atoms with Gasteiger partial charge in [-0.25, -0.2) is 0 Å². The summed E-state index contributed by atoms with van der Waals surface area (Å²) in [4.78, 5) is 19.5. The number of rotatable bonds is 3. The molecule has 1 atom stereocenters. The molecule has 0 spiro atoms. The highest BCUT2D eigenvalue weighted by Crippen LogP contribution is 2.39. The first-order chi connectivity index (χ1) is 16.9. The minimum atomic E-state index is -5.39. The van der Waals surface area contributed by atoms with Gasteiger partial charge in [-0.1, -0.05) is 54.6 Å². The van der Waals surface area contributed by atoms with Gasteiger partial charge in [0, 0.05) is 0 Å². The highest BCUT2D eigenvalue weighted by molar-refractivity contribution is 7.97. The Morgan fingerprint density at radius 3 is 0.917 bits per heavy atom. The van der Waals surface area contributed by atoms with E-state index in [1.807, 2.05) is 0 Å². The summed E-state index contributed by atoms with van der Waals surface area (Å²) in [5.74, 6) is 0. The number of hydrogen-bond acceptors (Lipinski definition) is 2. The molecule has 1 saturated carbocycles. The van der Waals surface area contributed by atoms with Crippen molar-refractivity contribution in [1.82, 2.24) is 0 Å². The van der Waals surface area contributed by atoms with Crippen LogP contribution in [0, 0.1) is 0 Å². The molecule has 3 aromatic carbocycles. The molecule has 12 heteroatoms. The zero-order valence-corrected chi connectivity index (χ0v) is 24.6. The largest absolute Gasteiger partial charge is 0.753 e. The lowest BCUT2D eigenvalue weighted by molar-refractivity contribution is -0.206. The molecule has 4 rings (SSSR count). The normalized spacial score (nSPS) is 27.1. The van der Waals surface area contributed by atoms with Crippen molar-refractivity contribution in [2.45, 2.75) is 46.9 Å². The minimum absolute atomic E-state index is 0.0146. The van der Waals surface area contributed by atoms with Gasteiger partial charge in [-0.3, -0.25) is 4.57 Å². The Kier molecular flexibility index (Phi) is 13.7. The lowest BCUT2D eigenvalue weighted by atomic mass is 9.97. The summed E-state index contributed by atoms with van der Waals surface area (Å²) in [6.45, 7) is 0. The number of halogens is 7. The summed E-state index contributed by atoms with van der Waals surface area (Å²) in [7, 11) is -5.40. The molecular formula is C24H22Cl6FO3PS. The molecule has 3 aromatic rings. The Morgan fingerprint density at radius 1 is 0.583 bits per heavy atom. The van der Waals surface area contributed by atoms with Crippen LogP contribution in [0.15, 0.2) is 106 Å². The lowest BCUT2D eigenvalue weighted by Crippen LogP contribution is -2.52. The third kappa shape index (κ3) is 10.2. The molecule has 0 heterocycles. The molecule has 3 nitrogen and oxygen atoms in total. The second-order valence-electron chi connectivity index (χ2n) is 7.36. The molecule has 0 bridgehead atoms. The summed E-state index contributed by atoms with van der Waals surface area (Å²) in [5, 5.41) is -2.62. The predicted octanol–water partition coefficient (Wildman–Crippen LogP) is 7.84. The van der Waals surface area contributed by atoms with Gasteiger partial charge < -0.3 is 9.79 Å². The summed E-state index contributed by atoms with van der Waals surface area (Å²) in [5.41, 5.74) is 0. The fourth-order valence-corrected chi connectivity index (χ4v) is 7.56. The Morgan fingerprint density at radius 2 is 0.750 bits per heavy atom.